The number of halogens is 1. The normalized spacial score (nSPS) is 16.0. The molecule has 2 N–H and O–H groups in total. The summed E-state index contributed by atoms with van der Waals surface area (Å²) in [6.07, 6.45) is 4.69. The lowest BCUT2D eigenvalue weighted by Crippen LogP contribution is -2.39. The van der Waals surface area contributed by atoms with E-state index < -0.39 is 0 Å². The number of hydrogen-bond donors (Lipinski definition) is 2. The molecule has 1 heterocycles. The lowest BCUT2D eigenvalue weighted by Gasteiger charge is -2.16. The second-order valence-electron chi connectivity index (χ2n) is 5.70. The topological polar surface area (TPSA) is 39.7 Å². The summed E-state index contributed by atoms with van der Waals surface area (Å²) in [5.41, 5.74) is 1.12. The van der Waals surface area contributed by atoms with Crippen LogP contribution in [0.5, 0.6) is 0 Å². The monoisotopic (exact) mass is 306 g/mol. The average Bonchev–Trinajstić information content (AvgIpc) is 3.05. The van der Waals surface area contributed by atoms with E-state index in [4.69, 9.17) is 0 Å². The Labute approximate surface area is 132 Å². The van der Waals surface area contributed by atoms with E-state index in [9.17, 15) is 4.39 Å². The molecule has 0 bridgehead atoms. The summed E-state index contributed by atoms with van der Waals surface area (Å²) >= 11 is 0. The Morgan fingerprint density at radius 2 is 1.82 bits per heavy atom. The third-order valence-electron chi connectivity index (χ3n) is 3.99. The quantitative estimate of drug-likeness (QED) is 0.460. The number of aliphatic imine (C=N–C) groups is 1. The second kappa shape index (κ2) is 9.41. The molecule has 1 aliphatic rings. The highest BCUT2D eigenvalue weighted by molar-refractivity contribution is 5.79. The first-order valence-electron chi connectivity index (χ1n) is 8.19. The first-order chi connectivity index (χ1) is 10.8. The van der Waals surface area contributed by atoms with E-state index in [1.54, 1.807) is 7.05 Å². The molecule has 0 unspecified atom stereocenters. The van der Waals surface area contributed by atoms with Crippen LogP contribution in [0, 0.1) is 5.82 Å². The van der Waals surface area contributed by atoms with Crippen molar-refractivity contribution in [3.8, 4) is 0 Å². The first-order valence-corrected chi connectivity index (χ1v) is 8.19. The number of benzene rings is 1. The molecule has 1 aliphatic heterocycles. The van der Waals surface area contributed by atoms with E-state index in [1.165, 1.54) is 44.6 Å². The van der Waals surface area contributed by atoms with Crippen molar-refractivity contribution in [2.45, 2.75) is 25.7 Å². The van der Waals surface area contributed by atoms with Gasteiger partial charge in [-0.2, -0.15) is 0 Å². The van der Waals surface area contributed by atoms with Crippen LogP contribution >= 0.6 is 0 Å². The fraction of sp³-hybridized carbons (Fsp3) is 0.588. The largest absolute Gasteiger partial charge is 0.356 e. The summed E-state index contributed by atoms with van der Waals surface area (Å²) < 4.78 is 12.8. The molecule has 1 saturated heterocycles. The zero-order chi connectivity index (χ0) is 15.6. The highest BCUT2D eigenvalue weighted by Crippen LogP contribution is 2.06. The van der Waals surface area contributed by atoms with Crippen molar-refractivity contribution in [2.75, 3.05) is 39.8 Å². The SMILES string of the molecule is CN=C(NCCCN1CCCC1)NCCc1ccc(F)cc1. The molecule has 0 radical (unpaired) electrons. The van der Waals surface area contributed by atoms with Crippen molar-refractivity contribution in [3.05, 3.63) is 35.6 Å². The number of rotatable bonds is 7. The van der Waals surface area contributed by atoms with Gasteiger partial charge in [-0.05, 0) is 63.0 Å². The van der Waals surface area contributed by atoms with Gasteiger partial charge in [-0.15, -0.1) is 0 Å². The minimum Gasteiger partial charge on any atom is -0.356 e. The lowest BCUT2D eigenvalue weighted by atomic mass is 10.1. The number of hydrogen-bond acceptors (Lipinski definition) is 2. The molecule has 1 aromatic rings. The van der Waals surface area contributed by atoms with Crippen LogP contribution in [0.4, 0.5) is 4.39 Å². The lowest BCUT2D eigenvalue weighted by molar-refractivity contribution is 0.334. The molecule has 0 atom stereocenters. The molecule has 0 aromatic heterocycles. The van der Waals surface area contributed by atoms with Gasteiger partial charge in [0.1, 0.15) is 5.82 Å². The van der Waals surface area contributed by atoms with E-state index in [0.29, 0.717) is 0 Å². The number of nitrogens with one attached hydrogen (secondary N) is 2. The van der Waals surface area contributed by atoms with Gasteiger partial charge in [0.15, 0.2) is 5.96 Å². The van der Waals surface area contributed by atoms with Gasteiger partial charge < -0.3 is 15.5 Å². The van der Waals surface area contributed by atoms with Crippen LogP contribution in [0.3, 0.4) is 0 Å². The van der Waals surface area contributed by atoms with Crippen LogP contribution in [-0.4, -0.2) is 50.6 Å². The van der Waals surface area contributed by atoms with Gasteiger partial charge in [-0.3, -0.25) is 4.99 Å². The Balaban J connectivity index is 1.57. The maximum absolute atomic E-state index is 12.8. The predicted molar refractivity (Wildman–Crippen MR) is 89.8 cm³/mol. The van der Waals surface area contributed by atoms with Crippen LogP contribution in [-0.2, 0) is 6.42 Å². The summed E-state index contributed by atoms with van der Waals surface area (Å²) in [6.45, 7) is 5.40. The van der Waals surface area contributed by atoms with Crippen molar-refractivity contribution in [1.82, 2.24) is 15.5 Å². The first kappa shape index (κ1) is 16.7. The van der Waals surface area contributed by atoms with Crippen LogP contribution in [0.2, 0.25) is 0 Å². The van der Waals surface area contributed by atoms with Gasteiger partial charge in [0.25, 0.3) is 0 Å². The molecule has 122 valence electrons. The summed E-state index contributed by atoms with van der Waals surface area (Å²) in [5.74, 6) is 0.649. The van der Waals surface area contributed by atoms with Crippen molar-refractivity contribution in [1.29, 1.82) is 0 Å². The molecule has 2 rings (SSSR count). The third kappa shape index (κ3) is 6.02. The number of guanidine groups is 1. The second-order valence-corrected chi connectivity index (χ2v) is 5.70. The predicted octanol–water partition coefficient (Wildman–Crippen LogP) is 2.02. The van der Waals surface area contributed by atoms with E-state index in [0.717, 1.165) is 37.5 Å². The maximum Gasteiger partial charge on any atom is 0.190 e. The minimum absolute atomic E-state index is 0.188. The Kier molecular flexibility index (Phi) is 7.16. The fourth-order valence-corrected chi connectivity index (χ4v) is 2.71. The number of nitrogens with zero attached hydrogens (tertiary/aromatic N) is 2. The Morgan fingerprint density at radius 3 is 2.50 bits per heavy atom. The number of likely N-dealkylation sites (tertiary alicyclic amines) is 1. The van der Waals surface area contributed by atoms with Crippen LogP contribution < -0.4 is 10.6 Å². The summed E-state index contributed by atoms with van der Waals surface area (Å²) in [4.78, 5) is 6.74. The van der Waals surface area contributed by atoms with Gasteiger partial charge >= 0.3 is 0 Å². The van der Waals surface area contributed by atoms with E-state index in [2.05, 4.69) is 20.5 Å². The molecule has 0 amide bonds. The standard InChI is InChI=1S/C17H27FN4/c1-19-17(20-10-4-14-22-12-2-3-13-22)21-11-9-15-5-7-16(18)8-6-15/h5-8H,2-4,9-14H2,1H3,(H2,19,20,21). The molecule has 4 nitrogen and oxygen atoms in total. The third-order valence-corrected chi connectivity index (χ3v) is 3.99. The van der Waals surface area contributed by atoms with Crippen molar-refractivity contribution >= 4 is 5.96 Å². The van der Waals surface area contributed by atoms with E-state index in [1.807, 2.05) is 12.1 Å². The smallest absolute Gasteiger partial charge is 0.190 e. The van der Waals surface area contributed by atoms with Crippen molar-refractivity contribution in [3.63, 3.8) is 0 Å². The van der Waals surface area contributed by atoms with Crippen LogP contribution in [0.1, 0.15) is 24.8 Å². The Morgan fingerprint density at radius 1 is 1.14 bits per heavy atom. The maximum atomic E-state index is 12.8. The van der Waals surface area contributed by atoms with E-state index >= 15 is 0 Å². The van der Waals surface area contributed by atoms with Gasteiger partial charge in [0.2, 0.25) is 0 Å². The summed E-state index contributed by atoms with van der Waals surface area (Å²) in [5, 5.41) is 6.63. The molecule has 5 heteroatoms. The van der Waals surface area contributed by atoms with Gasteiger partial charge in [-0.25, -0.2) is 4.39 Å². The summed E-state index contributed by atoms with van der Waals surface area (Å²) in [6, 6.07) is 6.65. The van der Waals surface area contributed by atoms with Gasteiger partial charge in [0, 0.05) is 20.1 Å². The molecular weight excluding hydrogens is 279 g/mol. The van der Waals surface area contributed by atoms with E-state index in [-0.39, 0.29) is 5.82 Å². The molecule has 0 aliphatic carbocycles. The Bertz CT molecular complexity index is 452. The van der Waals surface area contributed by atoms with Crippen molar-refractivity contribution < 1.29 is 4.39 Å². The highest BCUT2D eigenvalue weighted by atomic mass is 19.1. The molecule has 1 aromatic carbocycles. The molecule has 0 spiro atoms. The van der Waals surface area contributed by atoms with Crippen LogP contribution in [0.15, 0.2) is 29.3 Å². The molecular formula is C17H27FN4. The summed E-state index contributed by atoms with van der Waals surface area (Å²) in [7, 11) is 1.79. The Hall–Kier alpha value is -1.62. The van der Waals surface area contributed by atoms with Crippen LogP contribution in [0.25, 0.3) is 0 Å². The highest BCUT2D eigenvalue weighted by Gasteiger charge is 2.10. The van der Waals surface area contributed by atoms with Crippen molar-refractivity contribution in [2.24, 2.45) is 4.99 Å². The zero-order valence-corrected chi connectivity index (χ0v) is 13.4. The van der Waals surface area contributed by atoms with Gasteiger partial charge in [-0.1, -0.05) is 12.1 Å². The average molecular weight is 306 g/mol. The zero-order valence-electron chi connectivity index (χ0n) is 13.4. The molecule has 0 saturated carbocycles. The molecule has 1 fully saturated rings. The minimum atomic E-state index is -0.188. The van der Waals surface area contributed by atoms with Gasteiger partial charge in [0.05, 0.1) is 0 Å². The molecule has 22 heavy (non-hydrogen) atoms. The fourth-order valence-electron chi connectivity index (χ4n) is 2.71.